The Bertz CT molecular complexity index is 536. The molecule has 0 aromatic heterocycles. The Kier molecular flexibility index (Phi) is 8.52. The molecule has 0 saturated carbocycles. The van der Waals surface area contributed by atoms with E-state index in [2.05, 4.69) is 22.4 Å². The fraction of sp³-hybridized carbons (Fsp3) is 0.375. The molecule has 0 radical (unpaired) electrons. The summed E-state index contributed by atoms with van der Waals surface area (Å²) in [6.45, 7) is 6.80. The van der Waals surface area contributed by atoms with E-state index < -0.39 is 0 Å². The van der Waals surface area contributed by atoms with Crippen LogP contribution in [0.1, 0.15) is 18.9 Å². The molecule has 0 heterocycles. The van der Waals surface area contributed by atoms with Gasteiger partial charge in [0.1, 0.15) is 0 Å². The van der Waals surface area contributed by atoms with Crippen molar-refractivity contribution in [1.82, 2.24) is 10.7 Å². The molecule has 0 saturated heterocycles. The van der Waals surface area contributed by atoms with Crippen LogP contribution < -0.4 is 25.0 Å². The summed E-state index contributed by atoms with van der Waals surface area (Å²) in [5.41, 5.74) is 3.51. The number of rotatable bonds is 9. The predicted molar refractivity (Wildman–Crippen MR) is 96.9 cm³/mol. The van der Waals surface area contributed by atoms with E-state index >= 15 is 0 Å². The highest BCUT2D eigenvalue weighted by Gasteiger charge is 2.13. The van der Waals surface area contributed by atoms with E-state index in [1.807, 2.05) is 19.1 Å². The van der Waals surface area contributed by atoms with Crippen molar-refractivity contribution < 1.29 is 14.2 Å². The van der Waals surface area contributed by atoms with Crippen molar-refractivity contribution in [2.24, 2.45) is 5.10 Å². The molecular formula is C16H23N3O3S. The third kappa shape index (κ3) is 6.15. The van der Waals surface area contributed by atoms with Gasteiger partial charge in [-0.1, -0.05) is 13.0 Å². The molecule has 126 valence electrons. The largest absolute Gasteiger partial charge is 0.493 e. The van der Waals surface area contributed by atoms with Gasteiger partial charge in [-0.25, -0.2) is 0 Å². The molecule has 1 rings (SSSR count). The van der Waals surface area contributed by atoms with Crippen LogP contribution in [0.4, 0.5) is 0 Å². The Morgan fingerprint density at radius 1 is 1.30 bits per heavy atom. The molecule has 0 atom stereocenters. The topological polar surface area (TPSA) is 64.1 Å². The number of methoxy groups -OCH3 is 2. The first-order valence-corrected chi connectivity index (χ1v) is 7.63. The van der Waals surface area contributed by atoms with E-state index in [0.29, 0.717) is 35.5 Å². The van der Waals surface area contributed by atoms with Gasteiger partial charge < -0.3 is 19.5 Å². The lowest BCUT2D eigenvalue weighted by Gasteiger charge is -2.14. The number of thiocarbonyl (C=S) groups is 1. The minimum Gasteiger partial charge on any atom is -0.493 e. The molecule has 6 nitrogen and oxygen atoms in total. The van der Waals surface area contributed by atoms with Crippen LogP contribution in [0.2, 0.25) is 0 Å². The first kappa shape index (κ1) is 18.8. The summed E-state index contributed by atoms with van der Waals surface area (Å²) >= 11 is 5.05. The Balaban J connectivity index is 2.87. The Morgan fingerprint density at radius 2 is 1.96 bits per heavy atom. The van der Waals surface area contributed by atoms with Gasteiger partial charge in [0, 0.05) is 12.1 Å². The standard InChI is InChI=1S/C16H23N3O3S/c1-5-7-17-16(23)19-18-11-12-9-13(20-3)15(22-8-6-2)14(10-12)21-4/h5,9-11H,1,6-8H2,2-4H3,(H2,17,19,23)/b18-11+. The van der Waals surface area contributed by atoms with Crippen LogP contribution in [-0.2, 0) is 0 Å². The monoisotopic (exact) mass is 337 g/mol. The second-order valence-corrected chi connectivity index (χ2v) is 4.88. The van der Waals surface area contributed by atoms with Crippen molar-refractivity contribution in [3.05, 3.63) is 30.4 Å². The van der Waals surface area contributed by atoms with Crippen LogP contribution in [0.15, 0.2) is 29.9 Å². The SMILES string of the molecule is C=CCNC(=S)N/N=C/c1cc(OC)c(OCCC)c(OC)c1. The average Bonchev–Trinajstić information content (AvgIpc) is 2.57. The van der Waals surface area contributed by atoms with Crippen molar-refractivity contribution in [1.29, 1.82) is 0 Å². The van der Waals surface area contributed by atoms with Gasteiger partial charge >= 0.3 is 0 Å². The van der Waals surface area contributed by atoms with Gasteiger partial charge in [-0.15, -0.1) is 6.58 Å². The quantitative estimate of drug-likeness (QED) is 0.312. The molecule has 0 fully saturated rings. The van der Waals surface area contributed by atoms with Crippen LogP contribution in [0, 0.1) is 0 Å². The summed E-state index contributed by atoms with van der Waals surface area (Å²) in [6, 6.07) is 3.64. The van der Waals surface area contributed by atoms with Crippen LogP contribution in [-0.4, -0.2) is 38.7 Å². The molecule has 0 amide bonds. The molecule has 0 aliphatic carbocycles. The van der Waals surface area contributed by atoms with Crippen molar-refractivity contribution in [3.8, 4) is 17.2 Å². The number of nitrogens with one attached hydrogen (secondary N) is 2. The van der Waals surface area contributed by atoms with Gasteiger partial charge in [-0.2, -0.15) is 5.10 Å². The zero-order chi connectivity index (χ0) is 17.1. The molecule has 0 bridgehead atoms. The highest BCUT2D eigenvalue weighted by Crippen LogP contribution is 2.38. The summed E-state index contributed by atoms with van der Waals surface area (Å²) in [6.07, 6.45) is 4.23. The maximum atomic E-state index is 5.69. The number of hydrogen-bond acceptors (Lipinski definition) is 5. The third-order valence-corrected chi connectivity index (χ3v) is 2.96. The summed E-state index contributed by atoms with van der Waals surface area (Å²) in [5, 5.41) is 7.41. The zero-order valence-electron chi connectivity index (χ0n) is 13.7. The van der Waals surface area contributed by atoms with Gasteiger partial charge in [-0.05, 0) is 30.8 Å². The maximum absolute atomic E-state index is 5.69. The predicted octanol–water partition coefficient (Wildman–Crippen LogP) is 2.48. The maximum Gasteiger partial charge on any atom is 0.203 e. The third-order valence-electron chi connectivity index (χ3n) is 2.72. The minimum atomic E-state index is 0.419. The fourth-order valence-corrected chi connectivity index (χ4v) is 1.83. The van der Waals surface area contributed by atoms with Crippen LogP contribution in [0.25, 0.3) is 0 Å². The van der Waals surface area contributed by atoms with Crippen molar-refractivity contribution >= 4 is 23.5 Å². The molecule has 0 spiro atoms. The number of hydrazone groups is 1. The summed E-state index contributed by atoms with van der Waals surface area (Å²) in [5.74, 6) is 1.77. The highest BCUT2D eigenvalue weighted by atomic mass is 32.1. The molecular weight excluding hydrogens is 314 g/mol. The van der Waals surface area contributed by atoms with E-state index in [4.69, 9.17) is 26.4 Å². The zero-order valence-corrected chi connectivity index (χ0v) is 14.5. The minimum absolute atomic E-state index is 0.419. The van der Waals surface area contributed by atoms with Crippen LogP contribution >= 0.6 is 12.2 Å². The molecule has 1 aromatic carbocycles. The van der Waals surface area contributed by atoms with Gasteiger partial charge in [0.25, 0.3) is 0 Å². The smallest absolute Gasteiger partial charge is 0.203 e. The number of hydrogen-bond donors (Lipinski definition) is 2. The average molecular weight is 337 g/mol. The van der Waals surface area contributed by atoms with E-state index in [0.717, 1.165) is 12.0 Å². The van der Waals surface area contributed by atoms with Crippen molar-refractivity contribution in [3.63, 3.8) is 0 Å². The molecule has 7 heteroatoms. The Morgan fingerprint density at radius 3 is 2.48 bits per heavy atom. The van der Waals surface area contributed by atoms with E-state index in [-0.39, 0.29) is 0 Å². The number of ether oxygens (including phenoxy) is 3. The summed E-state index contributed by atoms with van der Waals surface area (Å²) in [4.78, 5) is 0. The van der Waals surface area contributed by atoms with Gasteiger partial charge in [-0.3, -0.25) is 5.43 Å². The summed E-state index contributed by atoms with van der Waals surface area (Å²) < 4.78 is 16.4. The lowest BCUT2D eigenvalue weighted by Crippen LogP contribution is -2.31. The first-order chi connectivity index (χ1) is 11.2. The Hall–Kier alpha value is -2.28. The molecule has 0 aliphatic rings. The highest BCUT2D eigenvalue weighted by molar-refractivity contribution is 7.80. The first-order valence-electron chi connectivity index (χ1n) is 7.22. The molecule has 0 aliphatic heterocycles. The molecule has 23 heavy (non-hydrogen) atoms. The molecule has 0 unspecified atom stereocenters. The van der Waals surface area contributed by atoms with Crippen LogP contribution in [0.3, 0.4) is 0 Å². The normalized spacial score (nSPS) is 10.2. The van der Waals surface area contributed by atoms with Gasteiger partial charge in [0.2, 0.25) is 5.75 Å². The van der Waals surface area contributed by atoms with E-state index in [1.165, 1.54) is 0 Å². The summed E-state index contributed by atoms with van der Waals surface area (Å²) in [7, 11) is 3.17. The Labute approximate surface area is 142 Å². The molecule has 1 aromatic rings. The second-order valence-electron chi connectivity index (χ2n) is 4.47. The number of benzene rings is 1. The molecule has 2 N–H and O–H groups in total. The van der Waals surface area contributed by atoms with Gasteiger partial charge in [0.15, 0.2) is 16.6 Å². The van der Waals surface area contributed by atoms with E-state index in [9.17, 15) is 0 Å². The fourth-order valence-electron chi connectivity index (χ4n) is 1.69. The van der Waals surface area contributed by atoms with Gasteiger partial charge in [0.05, 0.1) is 27.0 Å². The second kappa shape index (κ2) is 10.4. The van der Waals surface area contributed by atoms with Crippen molar-refractivity contribution in [2.75, 3.05) is 27.4 Å². The van der Waals surface area contributed by atoms with Crippen molar-refractivity contribution in [2.45, 2.75) is 13.3 Å². The lowest BCUT2D eigenvalue weighted by atomic mass is 10.2. The van der Waals surface area contributed by atoms with E-state index in [1.54, 1.807) is 26.5 Å². The van der Waals surface area contributed by atoms with Crippen LogP contribution in [0.5, 0.6) is 17.2 Å². The number of nitrogens with zero attached hydrogens (tertiary/aromatic N) is 1. The lowest BCUT2D eigenvalue weighted by molar-refractivity contribution is 0.275.